The van der Waals surface area contributed by atoms with E-state index in [0.717, 1.165) is 12.3 Å². The Balaban J connectivity index is 1.78. The Hall–Kier alpha value is -1.58. The molecule has 0 spiro atoms. The van der Waals surface area contributed by atoms with E-state index in [0.29, 0.717) is 18.0 Å². The lowest BCUT2D eigenvalue weighted by atomic mass is 9.83. The van der Waals surface area contributed by atoms with Crippen molar-refractivity contribution in [3.63, 3.8) is 0 Å². The van der Waals surface area contributed by atoms with Crippen molar-refractivity contribution < 1.29 is 9.53 Å². The first-order valence-corrected chi connectivity index (χ1v) is 5.64. The molecular weight excluding hydrogens is 204 g/mol. The summed E-state index contributed by atoms with van der Waals surface area (Å²) in [7, 11) is 0. The summed E-state index contributed by atoms with van der Waals surface area (Å²) in [5.74, 6) is 0.789. The van der Waals surface area contributed by atoms with Crippen molar-refractivity contribution in [2.24, 2.45) is 5.92 Å². The number of anilines is 1. The number of hydrogen-bond acceptors (Lipinski definition) is 4. The summed E-state index contributed by atoms with van der Waals surface area (Å²) in [6.45, 7) is 0.506. The predicted molar refractivity (Wildman–Crippen MR) is 60.9 cm³/mol. The highest BCUT2D eigenvalue weighted by Crippen LogP contribution is 2.29. The molecular formula is C12H16N2O2. The van der Waals surface area contributed by atoms with Crippen LogP contribution in [-0.2, 0) is 4.74 Å². The number of nitrogens with zero attached hydrogens (tertiary/aromatic N) is 1. The Kier molecular flexibility index (Phi) is 3.39. The van der Waals surface area contributed by atoms with Crippen molar-refractivity contribution in [1.29, 1.82) is 0 Å². The van der Waals surface area contributed by atoms with Crippen LogP contribution in [0.25, 0.3) is 0 Å². The summed E-state index contributed by atoms with van der Waals surface area (Å²) in [5, 5.41) is 0. The van der Waals surface area contributed by atoms with Gasteiger partial charge in [0.05, 0.1) is 12.2 Å². The number of pyridine rings is 1. The molecule has 1 fully saturated rings. The first-order chi connectivity index (χ1) is 7.75. The van der Waals surface area contributed by atoms with Crippen LogP contribution in [0.3, 0.4) is 0 Å². The first kappa shape index (κ1) is 10.9. The third-order valence-electron chi connectivity index (χ3n) is 3.00. The number of hydrogen-bond donors (Lipinski definition) is 1. The molecule has 0 aliphatic heterocycles. The van der Waals surface area contributed by atoms with Crippen molar-refractivity contribution in [2.45, 2.75) is 25.7 Å². The molecule has 0 amide bonds. The maximum Gasteiger partial charge on any atom is 0.338 e. The van der Waals surface area contributed by atoms with Crippen LogP contribution in [0.1, 0.15) is 36.0 Å². The highest BCUT2D eigenvalue weighted by Gasteiger charge is 2.17. The van der Waals surface area contributed by atoms with Gasteiger partial charge in [0.25, 0.3) is 0 Å². The molecule has 4 nitrogen and oxygen atoms in total. The van der Waals surface area contributed by atoms with Gasteiger partial charge in [0.2, 0.25) is 0 Å². The fourth-order valence-corrected chi connectivity index (χ4v) is 1.76. The van der Waals surface area contributed by atoms with Gasteiger partial charge in [-0.05, 0) is 24.5 Å². The van der Waals surface area contributed by atoms with Gasteiger partial charge in [0.15, 0.2) is 0 Å². The molecule has 1 heterocycles. The van der Waals surface area contributed by atoms with Crippen LogP contribution in [0.4, 0.5) is 5.82 Å². The molecule has 16 heavy (non-hydrogen) atoms. The molecule has 1 aliphatic rings. The van der Waals surface area contributed by atoms with Crippen LogP contribution in [0.5, 0.6) is 0 Å². The lowest BCUT2D eigenvalue weighted by Gasteiger charge is -2.24. The van der Waals surface area contributed by atoms with Crippen LogP contribution in [-0.4, -0.2) is 17.6 Å². The van der Waals surface area contributed by atoms with Crippen LogP contribution in [0.2, 0.25) is 0 Å². The molecule has 0 radical (unpaired) electrons. The molecule has 1 aromatic heterocycles. The van der Waals surface area contributed by atoms with Gasteiger partial charge in [-0.1, -0.05) is 19.3 Å². The number of nitrogen functional groups attached to an aromatic ring is 1. The van der Waals surface area contributed by atoms with Gasteiger partial charge in [-0.15, -0.1) is 0 Å². The number of carbonyl (C=O) groups is 1. The van der Waals surface area contributed by atoms with Gasteiger partial charge in [-0.2, -0.15) is 0 Å². The zero-order valence-electron chi connectivity index (χ0n) is 9.19. The Bertz CT molecular complexity index is 375. The maximum absolute atomic E-state index is 11.6. The van der Waals surface area contributed by atoms with E-state index in [-0.39, 0.29) is 5.97 Å². The second-order valence-corrected chi connectivity index (χ2v) is 4.19. The summed E-state index contributed by atoms with van der Waals surface area (Å²) in [4.78, 5) is 15.4. The fraction of sp³-hybridized carbons (Fsp3) is 0.500. The maximum atomic E-state index is 11.6. The van der Waals surface area contributed by atoms with Crippen molar-refractivity contribution >= 4 is 11.8 Å². The number of carbonyl (C=O) groups excluding carboxylic acids is 1. The molecule has 0 aromatic carbocycles. The standard InChI is InChI=1S/C12H16N2O2/c13-11-8-10(4-6-14-11)12(15)16-7-5-9-2-1-3-9/h4,6,8-9H,1-3,5,7H2,(H2,13,14). The van der Waals surface area contributed by atoms with Gasteiger partial charge in [0, 0.05) is 6.20 Å². The van der Waals surface area contributed by atoms with Crippen LogP contribution in [0, 0.1) is 5.92 Å². The van der Waals surface area contributed by atoms with E-state index in [4.69, 9.17) is 10.5 Å². The molecule has 0 bridgehead atoms. The number of esters is 1. The van der Waals surface area contributed by atoms with E-state index in [1.165, 1.54) is 31.5 Å². The average Bonchev–Trinajstić information content (AvgIpc) is 2.21. The summed E-state index contributed by atoms with van der Waals surface area (Å²) < 4.78 is 5.17. The molecule has 86 valence electrons. The molecule has 2 rings (SSSR count). The zero-order chi connectivity index (χ0) is 11.4. The summed E-state index contributed by atoms with van der Waals surface area (Å²) >= 11 is 0. The van der Waals surface area contributed by atoms with Gasteiger partial charge < -0.3 is 10.5 Å². The molecule has 1 saturated carbocycles. The number of rotatable bonds is 4. The fourth-order valence-electron chi connectivity index (χ4n) is 1.76. The van der Waals surface area contributed by atoms with E-state index in [1.54, 1.807) is 6.07 Å². The SMILES string of the molecule is Nc1cc(C(=O)OCCC2CCC2)ccn1. The van der Waals surface area contributed by atoms with E-state index >= 15 is 0 Å². The Morgan fingerprint density at radius 2 is 2.38 bits per heavy atom. The van der Waals surface area contributed by atoms with Crippen LogP contribution >= 0.6 is 0 Å². The van der Waals surface area contributed by atoms with Crippen molar-refractivity contribution in [2.75, 3.05) is 12.3 Å². The molecule has 0 atom stereocenters. The average molecular weight is 220 g/mol. The minimum absolute atomic E-state index is 0.312. The lowest BCUT2D eigenvalue weighted by molar-refractivity contribution is 0.0464. The normalized spacial score (nSPS) is 15.5. The smallest absolute Gasteiger partial charge is 0.338 e. The molecule has 1 aromatic rings. The molecule has 0 unspecified atom stereocenters. The number of aromatic nitrogens is 1. The van der Waals surface area contributed by atoms with Crippen molar-refractivity contribution in [3.8, 4) is 0 Å². The number of nitrogens with two attached hydrogens (primary N) is 1. The van der Waals surface area contributed by atoms with E-state index < -0.39 is 0 Å². The van der Waals surface area contributed by atoms with Gasteiger partial charge in [-0.25, -0.2) is 9.78 Å². The lowest BCUT2D eigenvalue weighted by Crippen LogP contribution is -2.15. The molecule has 1 aliphatic carbocycles. The third-order valence-corrected chi connectivity index (χ3v) is 3.00. The molecule has 4 heteroatoms. The predicted octanol–water partition coefficient (Wildman–Crippen LogP) is 2.01. The van der Waals surface area contributed by atoms with Gasteiger partial charge in [-0.3, -0.25) is 0 Å². The van der Waals surface area contributed by atoms with Crippen LogP contribution in [0.15, 0.2) is 18.3 Å². The summed E-state index contributed by atoms with van der Waals surface area (Å²) in [5.41, 5.74) is 5.96. The van der Waals surface area contributed by atoms with Gasteiger partial charge >= 0.3 is 5.97 Å². The Morgan fingerprint density at radius 1 is 1.56 bits per heavy atom. The largest absolute Gasteiger partial charge is 0.462 e. The van der Waals surface area contributed by atoms with E-state index in [1.807, 2.05) is 0 Å². The van der Waals surface area contributed by atoms with Crippen LogP contribution < -0.4 is 5.73 Å². The molecule has 0 saturated heterocycles. The highest BCUT2D eigenvalue weighted by atomic mass is 16.5. The quantitative estimate of drug-likeness (QED) is 0.788. The zero-order valence-corrected chi connectivity index (χ0v) is 9.19. The summed E-state index contributed by atoms with van der Waals surface area (Å²) in [6.07, 6.45) is 6.36. The first-order valence-electron chi connectivity index (χ1n) is 5.64. The van der Waals surface area contributed by atoms with E-state index in [2.05, 4.69) is 4.98 Å². The second-order valence-electron chi connectivity index (χ2n) is 4.19. The van der Waals surface area contributed by atoms with Crippen molar-refractivity contribution in [3.05, 3.63) is 23.9 Å². The Morgan fingerprint density at radius 3 is 3.00 bits per heavy atom. The van der Waals surface area contributed by atoms with Gasteiger partial charge in [0.1, 0.15) is 5.82 Å². The van der Waals surface area contributed by atoms with Crippen molar-refractivity contribution in [1.82, 2.24) is 4.98 Å². The third kappa shape index (κ3) is 2.72. The van der Waals surface area contributed by atoms with E-state index in [9.17, 15) is 4.79 Å². The molecule has 2 N–H and O–H groups in total. The minimum Gasteiger partial charge on any atom is -0.462 e. The Labute approximate surface area is 94.8 Å². The highest BCUT2D eigenvalue weighted by molar-refractivity contribution is 5.89. The number of ether oxygens (including phenoxy) is 1. The monoisotopic (exact) mass is 220 g/mol. The topological polar surface area (TPSA) is 65.2 Å². The minimum atomic E-state index is -0.312. The second kappa shape index (κ2) is 4.96. The summed E-state index contributed by atoms with van der Waals surface area (Å²) in [6, 6.07) is 3.15.